The van der Waals surface area contributed by atoms with Crippen LogP contribution in [0.5, 0.6) is 0 Å². The van der Waals surface area contributed by atoms with Crippen molar-refractivity contribution in [3.05, 3.63) is 18.2 Å². The molecule has 18 heavy (non-hydrogen) atoms. The predicted octanol–water partition coefficient (Wildman–Crippen LogP) is 2.13. The minimum Gasteiger partial charge on any atom is -0.424 e. The standard InChI is InChI=1S/C13H17N3O2/c14-9-3-4-11-10(7-9)16-12(18-11)15-8-13(17)5-1-2-6-13/h3-4,7,17H,1-2,5-6,8,14H2,(H,15,16). The maximum atomic E-state index is 10.2. The van der Waals surface area contributed by atoms with Crippen LogP contribution in [-0.4, -0.2) is 22.2 Å². The van der Waals surface area contributed by atoms with Crippen LogP contribution < -0.4 is 11.1 Å². The Morgan fingerprint density at radius 3 is 2.94 bits per heavy atom. The summed E-state index contributed by atoms with van der Waals surface area (Å²) >= 11 is 0. The van der Waals surface area contributed by atoms with Crippen molar-refractivity contribution < 1.29 is 9.52 Å². The van der Waals surface area contributed by atoms with E-state index in [9.17, 15) is 5.11 Å². The Balaban J connectivity index is 1.74. The van der Waals surface area contributed by atoms with Gasteiger partial charge in [0.1, 0.15) is 5.52 Å². The molecule has 1 fully saturated rings. The van der Waals surface area contributed by atoms with E-state index in [0.717, 1.165) is 31.2 Å². The molecule has 5 nitrogen and oxygen atoms in total. The van der Waals surface area contributed by atoms with Gasteiger partial charge in [0.15, 0.2) is 5.58 Å². The van der Waals surface area contributed by atoms with Crippen LogP contribution in [0.1, 0.15) is 25.7 Å². The smallest absolute Gasteiger partial charge is 0.295 e. The van der Waals surface area contributed by atoms with E-state index in [2.05, 4.69) is 10.3 Å². The van der Waals surface area contributed by atoms with Crippen molar-refractivity contribution in [1.29, 1.82) is 0 Å². The van der Waals surface area contributed by atoms with E-state index in [4.69, 9.17) is 10.2 Å². The van der Waals surface area contributed by atoms with Gasteiger partial charge in [-0.25, -0.2) is 0 Å². The second-order valence-electron chi connectivity index (χ2n) is 5.03. The summed E-state index contributed by atoms with van der Waals surface area (Å²) in [4.78, 5) is 4.30. The Morgan fingerprint density at radius 1 is 1.39 bits per heavy atom. The molecule has 4 N–H and O–H groups in total. The molecule has 0 amide bonds. The van der Waals surface area contributed by atoms with E-state index >= 15 is 0 Å². The topological polar surface area (TPSA) is 84.3 Å². The number of hydrogen-bond donors (Lipinski definition) is 3. The molecule has 1 aliphatic rings. The number of hydrogen-bond acceptors (Lipinski definition) is 5. The lowest BCUT2D eigenvalue weighted by atomic mass is 10.0. The maximum Gasteiger partial charge on any atom is 0.295 e. The SMILES string of the molecule is Nc1ccc2oc(NCC3(O)CCCC3)nc2c1. The van der Waals surface area contributed by atoms with Crippen LogP contribution in [0.3, 0.4) is 0 Å². The molecule has 0 saturated heterocycles. The van der Waals surface area contributed by atoms with Gasteiger partial charge in [0.05, 0.1) is 5.60 Å². The molecule has 0 unspecified atom stereocenters. The normalized spacial score (nSPS) is 18.3. The van der Waals surface area contributed by atoms with Crippen molar-refractivity contribution >= 4 is 22.8 Å². The molecular weight excluding hydrogens is 230 g/mol. The van der Waals surface area contributed by atoms with Crippen molar-refractivity contribution in [2.75, 3.05) is 17.6 Å². The number of oxazole rings is 1. The first-order valence-electron chi connectivity index (χ1n) is 6.27. The number of rotatable bonds is 3. The largest absolute Gasteiger partial charge is 0.424 e. The second kappa shape index (κ2) is 4.17. The molecule has 0 bridgehead atoms. The highest BCUT2D eigenvalue weighted by molar-refractivity contribution is 5.78. The molecule has 3 rings (SSSR count). The zero-order valence-electron chi connectivity index (χ0n) is 10.1. The third-order valence-electron chi connectivity index (χ3n) is 3.51. The maximum absolute atomic E-state index is 10.2. The fraction of sp³-hybridized carbons (Fsp3) is 0.462. The lowest BCUT2D eigenvalue weighted by Crippen LogP contribution is -2.33. The first-order valence-corrected chi connectivity index (χ1v) is 6.27. The van der Waals surface area contributed by atoms with Gasteiger partial charge in [-0.2, -0.15) is 4.98 Å². The lowest BCUT2D eigenvalue weighted by Gasteiger charge is -2.21. The summed E-state index contributed by atoms with van der Waals surface area (Å²) in [5.41, 5.74) is 7.17. The summed E-state index contributed by atoms with van der Waals surface area (Å²) in [6.07, 6.45) is 3.85. The number of benzene rings is 1. The van der Waals surface area contributed by atoms with Crippen molar-refractivity contribution in [2.24, 2.45) is 0 Å². The Hall–Kier alpha value is -1.75. The summed E-state index contributed by atoms with van der Waals surface area (Å²) < 4.78 is 5.54. The molecular formula is C13H17N3O2. The number of fused-ring (bicyclic) bond motifs is 1. The van der Waals surface area contributed by atoms with E-state index in [0.29, 0.717) is 23.8 Å². The van der Waals surface area contributed by atoms with Gasteiger partial charge >= 0.3 is 0 Å². The predicted molar refractivity (Wildman–Crippen MR) is 70.3 cm³/mol. The van der Waals surface area contributed by atoms with Crippen LogP contribution in [0.4, 0.5) is 11.7 Å². The lowest BCUT2D eigenvalue weighted by molar-refractivity contribution is 0.0609. The van der Waals surface area contributed by atoms with E-state index in [1.54, 1.807) is 18.2 Å². The van der Waals surface area contributed by atoms with Crippen molar-refractivity contribution in [1.82, 2.24) is 4.98 Å². The van der Waals surface area contributed by atoms with Gasteiger partial charge in [-0.05, 0) is 31.0 Å². The van der Waals surface area contributed by atoms with Gasteiger partial charge in [-0.3, -0.25) is 0 Å². The van der Waals surface area contributed by atoms with Crippen LogP contribution in [0.25, 0.3) is 11.1 Å². The quantitative estimate of drug-likeness (QED) is 0.723. The average Bonchev–Trinajstić information content (AvgIpc) is 2.93. The van der Waals surface area contributed by atoms with E-state index in [-0.39, 0.29) is 0 Å². The van der Waals surface area contributed by atoms with Gasteiger partial charge in [0.2, 0.25) is 0 Å². The van der Waals surface area contributed by atoms with Gasteiger partial charge in [-0.1, -0.05) is 12.8 Å². The van der Waals surface area contributed by atoms with E-state index in [1.165, 1.54) is 0 Å². The fourth-order valence-corrected chi connectivity index (χ4v) is 2.47. The second-order valence-corrected chi connectivity index (χ2v) is 5.03. The van der Waals surface area contributed by atoms with Crippen LogP contribution in [0.15, 0.2) is 22.6 Å². The summed E-state index contributed by atoms with van der Waals surface area (Å²) in [5, 5.41) is 13.3. The number of anilines is 2. The number of nitrogens with zero attached hydrogens (tertiary/aromatic N) is 1. The Morgan fingerprint density at radius 2 is 2.17 bits per heavy atom. The van der Waals surface area contributed by atoms with Gasteiger partial charge < -0.3 is 20.6 Å². The molecule has 0 spiro atoms. The minimum atomic E-state index is -0.611. The summed E-state index contributed by atoms with van der Waals surface area (Å²) in [7, 11) is 0. The third kappa shape index (κ3) is 2.13. The highest BCUT2D eigenvalue weighted by Gasteiger charge is 2.31. The van der Waals surface area contributed by atoms with E-state index < -0.39 is 5.60 Å². The highest BCUT2D eigenvalue weighted by Crippen LogP contribution is 2.30. The molecule has 0 aliphatic heterocycles. The molecule has 96 valence electrons. The third-order valence-corrected chi connectivity index (χ3v) is 3.51. The van der Waals surface area contributed by atoms with E-state index in [1.807, 2.05) is 0 Å². The van der Waals surface area contributed by atoms with Crippen molar-refractivity contribution in [2.45, 2.75) is 31.3 Å². The van der Waals surface area contributed by atoms with Crippen LogP contribution >= 0.6 is 0 Å². The van der Waals surface area contributed by atoms with Crippen LogP contribution in [-0.2, 0) is 0 Å². The Labute approximate surface area is 105 Å². The molecule has 1 saturated carbocycles. The highest BCUT2D eigenvalue weighted by atomic mass is 16.4. The monoisotopic (exact) mass is 247 g/mol. The molecule has 1 aromatic heterocycles. The minimum absolute atomic E-state index is 0.441. The molecule has 1 aromatic carbocycles. The number of aromatic nitrogens is 1. The summed E-state index contributed by atoms with van der Waals surface area (Å²) in [6, 6.07) is 5.79. The number of aliphatic hydroxyl groups is 1. The first kappa shape index (κ1) is 11.3. The van der Waals surface area contributed by atoms with Gasteiger partial charge in [0.25, 0.3) is 6.01 Å². The zero-order chi connectivity index (χ0) is 12.6. The van der Waals surface area contributed by atoms with Gasteiger partial charge in [-0.15, -0.1) is 0 Å². The van der Waals surface area contributed by atoms with Crippen LogP contribution in [0, 0.1) is 0 Å². The molecule has 1 heterocycles. The number of nitrogens with one attached hydrogen (secondary N) is 1. The molecule has 0 radical (unpaired) electrons. The van der Waals surface area contributed by atoms with Crippen LogP contribution in [0.2, 0.25) is 0 Å². The van der Waals surface area contributed by atoms with Crippen molar-refractivity contribution in [3.63, 3.8) is 0 Å². The van der Waals surface area contributed by atoms with Crippen molar-refractivity contribution in [3.8, 4) is 0 Å². The average molecular weight is 247 g/mol. The number of nitrogen functional groups attached to an aromatic ring is 1. The first-order chi connectivity index (χ1) is 8.65. The molecule has 1 aliphatic carbocycles. The zero-order valence-corrected chi connectivity index (χ0v) is 10.1. The Bertz CT molecular complexity index is 558. The van der Waals surface area contributed by atoms with Gasteiger partial charge in [0, 0.05) is 12.2 Å². The summed E-state index contributed by atoms with van der Waals surface area (Å²) in [5.74, 6) is 0. The fourth-order valence-electron chi connectivity index (χ4n) is 2.47. The summed E-state index contributed by atoms with van der Waals surface area (Å²) in [6.45, 7) is 0.481. The number of nitrogens with two attached hydrogens (primary N) is 1. The Kier molecular flexibility index (Phi) is 2.63. The molecule has 0 atom stereocenters. The molecule has 2 aromatic rings. The molecule has 5 heteroatoms.